The van der Waals surface area contributed by atoms with Crippen molar-refractivity contribution >= 4 is 0 Å². The molecule has 25 heavy (non-hydrogen) atoms. The molecular formula is C20H20F2N2O. The van der Waals surface area contributed by atoms with Gasteiger partial charge in [0.25, 0.3) is 0 Å². The second-order valence-corrected chi connectivity index (χ2v) is 6.39. The van der Waals surface area contributed by atoms with E-state index in [2.05, 4.69) is 11.0 Å². The number of nitrogens with zero attached hydrogens (tertiary/aromatic N) is 2. The van der Waals surface area contributed by atoms with Gasteiger partial charge in [-0.05, 0) is 48.2 Å². The largest absolute Gasteiger partial charge is 0.377 e. The minimum atomic E-state index is -0.564. The zero-order valence-corrected chi connectivity index (χ0v) is 13.9. The van der Waals surface area contributed by atoms with Gasteiger partial charge in [0.15, 0.2) is 0 Å². The van der Waals surface area contributed by atoms with E-state index in [9.17, 15) is 8.78 Å². The molecule has 2 aromatic rings. The molecule has 1 unspecified atom stereocenters. The van der Waals surface area contributed by atoms with E-state index < -0.39 is 11.6 Å². The van der Waals surface area contributed by atoms with E-state index in [4.69, 9.17) is 10.00 Å². The van der Waals surface area contributed by atoms with Crippen LogP contribution in [0.1, 0.15) is 29.5 Å². The first-order valence-corrected chi connectivity index (χ1v) is 8.40. The van der Waals surface area contributed by atoms with Crippen molar-refractivity contribution in [3.63, 3.8) is 0 Å². The fourth-order valence-corrected chi connectivity index (χ4v) is 3.16. The molecule has 3 rings (SSSR count). The highest BCUT2D eigenvalue weighted by Gasteiger charge is 2.20. The standard InChI is InChI=1S/C20H20F2N2O/c21-18-8-17(9-19(22)10-18)13-24(14-20-2-1-7-25-20)12-16-5-3-15(11-23)4-6-16/h3-6,8-10,20H,1-2,7,12-14H2. The summed E-state index contributed by atoms with van der Waals surface area (Å²) in [7, 11) is 0. The van der Waals surface area contributed by atoms with Gasteiger partial charge in [0.1, 0.15) is 11.6 Å². The summed E-state index contributed by atoms with van der Waals surface area (Å²) in [6, 6.07) is 13.1. The second-order valence-electron chi connectivity index (χ2n) is 6.39. The van der Waals surface area contributed by atoms with Crippen LogP contribution in [-0.4, -0.2) is 24.2 Å². The van der Waals surface area contributed by atoms with E-state index in [1.807, 2.05) is 12.1 Å². The fourth-order valence-electron chi connectivity index (χ4n) is 3.16. The number of nitriles is 1. The molecule has 0 saturated carbocycles. The van der Waals surface area contributed by atoms with E-state index in [0.717, 1.165) is 31.1 Å². The molecule has 3 nitrogen and oxygen atoms in total. The minimum Gasteiger partial charge on any atom is -0.377 e. The molecule has 0 N–H and O–H groups in total. The lowest BCUT2D eigenvalue weighted by molar-refractivity contribution is 0.0678. The molecule has 130 valence electrons. The van der Waals surface area contributed by atoms with Gasteiger partial charge in [-0.25, -0.2) is 8.78 Å². The smallest absolute Gasteiger partial charge is 0.126 e. The first kappa shape index (κ1) is 17.5. The van der Waals surface area contributed by atoms with Gasteiger partial charge < -0.3 is 4.74 Å². The van der Waals surface area contributed by atoms with Crippen LogP contribution in [0.5, 0.6) is 0 Å². The summed E-state index contributed by atoms with van der Waals surface area (Å²) in [4.78, 5) is 2.13. The monoisotopic (exact) mass is 342 g/mol. The predicted molar refractivity (Wildman–Crippen MR) is 90.6 cm³/mol. The third-order valence-electron chi connectivity index (χ3n) is 4.30. The molecule has 2 aromatic carbocycles. The molecule has 1 heterocycles. The van der Waals surface area contributed by atoms with Crippen molar-refractivity contribution < 1.29 is 13.5 Å². The summed E-state index contributed by atoms with van der Waals surface area (Å²) in [6.45, 7) is 2.54. The Balaban J connectivity index is 1.74. The van der Waals surface area contributed by atoms with Gasteiger partial charge in [-0.3, -0.25) is 4.90 Å². The van der Waals surface area contributed by atoms with Crippen molar-refractivity contribution in [2.75, 3.05) is 13.2 Å². The summed E-state index contributed by atoms with van der Waals surface area (Å²) in [6.07, 6.45) is 2.20. The SMILES string of the molecule is N#Cc1ccc(CN(Cc2cc(F)cc(F)c2)CC2CCCO2)cc1. The van der Waals surface area contributed by atoms with Gasteiger partial charge in [-0.15, -0.1) is 0 Å². The number of hydrogen-bond donors (Lipinski definition) is 0. The summed E-state index contributed by atoms with van der Waals surface area (Å²) < 4.78 is 32.7. The summed E-state index contributed by atoms with van der Waals surface area (Å²) in [5, 5.41) is 8.90. The van der Waals surface area contributed by atoms with Crippen LogP contribution >= 0.6 is 0 Å². The molecular weight excluding hydrogens is 322 g/mol. The van der Waals surface area contributed by atoms with Crippen LogP contribution in [0.2, 0.25) is 0 Å². The third kappa shape index (κ3) is 5.09. The van der Waals surface area contributed by atoms with Gasteiger partial charge in [0.2, 0.25) is 0 Å². The van der Waals surface area contributed by atoms with Gasteiger partial charge in [0, 0.05) is 32.3 Å². The van der Waals surface area contributed by atoms with Gasteiger partial charge in [-0.1, -0.05) is 12.1 Å². The molecule has 1 saturated heterocycles. The number of halogens is 2. The van der Waals surface area contributed by atoms with Crippen LogP contribution in [-0.2, 0) is 17.8 Å². The molecule has 0 bridgehead atoms. The molecule has 1 atom stereocenters. The number of benzene rings is 2. The van der Waals surface area contributed by atoms with Crippen LogP contribution in [0.3, 0.4) is 0 Å². The van der Waals surface area contributed by atoms with Gasteiger partial charge in [0.05, 0.1) is 17.7 Å². The Bertz CT molecular complexity index is 729. The zero-order chi connectivity index (χ0) is 17.6. The summed E-state index contributed by atoms with van der Waals surface area (Å²) in [5.41, 5.74) is 2.26. The average molecular weight is 342 g/mol. The second kappa shape index (κ2) is 8.19. The molecule has 5 heteroatoms. The molecule has 0 aliphatic carbocycles. The minimum absolute atomic E-state index is 0.150. The first-order chi connectivity index (χ1) is 12.1. The Morgan fingerprint density at radius 2 is 1.72 bits per heavy atom. The zero-order valence-electron chi connectivity index (χ0n) is 13.9. The maximum absolute atomic E-state index is 13.5. The van der Waals surface area contributed by atoms with E-state index in [-0.39, 0.29) is 6.10 Å². The van der Waals surface area contributed by atoms with Crippen LogP contribution in [0.4, 0.5) is 8.78 Å². The molecule has 1 fully saturated rings. The molecule has 1 aliphatic heterocycles. The average Bonchev–Trinajstić information content (AvgIpc) is 3.07. The molecule has 0 spiro atoms. The van der Waals surface area contributed by atoms with Crippen molar-refractivity contribution in [2.45, 2.75) is 32.0 Å². The Kier molecular flexibility index (Phi) is 5.75. The highest BCUT2D eigenvalue weighted by atomic mass is 19.1. The predicted octanol–water partition coefficient (Wildman–Crippen LogP) is 4.02. The summed E-state index contributed by atoms with van der Waals surface area (Å²) >= 11 is 0. The maximum atomic E-state index is 13.5. The van der Waals surface area contributed by atoms with Crippen LogP contribution < -0.4 is 0 Å². The van der Waals surface area contributed by atoms with Crippen molar-refractivity contribution in [1.82, 2.24) is 4.90 Å². The Morgan fingerprint density at radius 3 is 2.32 bits per heavy atom. The molecule has 0 radical (unpaired) electrons. The lowest BCUT2D eigenvalue weighted by Gasteiger charge is -2.25. The Labute approximate surface area is 146 Å². The van der Waals surface area contributed by atoms with Crippen molar-refractivity contribution in [1.29, 1.82) is 5.26 Å². The third-order valence-corrected chi connectivity index (χ3v) is 4.30. The van der Waals surface area contributed by atoms with Crippen LogP contribution in [0, 0.1) is 23.0 Å². The lowest BCUT2D eigenvalue weighted by Crippen LogP contribution is -2.31. The quantitative estimate of drug-likeness (QED) is 0.796. The maximum Gasteiger partial charge on any atom is 0.126 e. The normalized spacial score (nSPS) is 17.0. The topological polar surface area (TPSA) is 36.3 Å². The van der Waals surface area contributed by atoms with Crippen molar-refractivity contribution in [3.8, 4) is 6.07 Å². The fraction of sp³-hybridized carbons (Fsp3) is 0.350. The first-order valence-electron chi connectivity index (χ1n) is 8.40. The lowest BCUT2D eigenvalue weighted by atomic mass is 10.1. The van der Waals surface area contributed by atoms with E-state index in [1.54, 1.807) is 12.1 Å². The van der Waals surface area contributed by atoms with Crippen LogP contribution in [0.15, 0.2) is 42.5 Å². The van der Waals surface area contributed by atoms with E-state index >= 15 is 0 Å². The van der Waals surface area contributed by atoms with Gasteiger partial charge >= 0.3 is 0 Å². The Morgan fingerprint density at radius 1 is 1.04 bits per heavy atom. The van der Waals surface area contributed by atoms with Gasteiger partial charge in [-0.2, -0.15) is 5.26 Å². The molecule has 1 aliphatic rings. The van der Waals surface area contributed by atoms with E-state index in [1.165, 1.54) is 12.1 Å². The highest BCUT2D eigenvalue weighted by Crippen LogP contribution is 2.18. The molecule has 0 amide bonds. The number of ether oxygens (including phenoxy) is 1. The van der Waals surface area contributed by atoms with Crippen molar-refractivity contribution in [2.24, 2.45) is 0 Å². The Hall–Kier alpha value is -2.29. The summed E-state index contributed by atoms with van der Waals surface area (Å²) in [5.74, 6) is -1.13. The van der Waals surface area contributed by atoms with E-state index in [0.29, 0.717) is 30.8 Å². The number of hydrogen-bond acceptors (Lipinski definition) is 3. The highest BCUT2D eigenvalue weighted by molar-refractivity contribution is 5.31. The molecule has 0 aromatic heterocycles. The van der Waals surface area contributed by atoms with Crippen molar-refractivity contribution in [3.05, 3.63) is 70.8 Å². The number of rotatable bonds is 6. The van der Waals surface area contributed by atoms with Crippen LogP contribution in [0.25, 0.3) is 0 Å².